The molecule has 1 aliphatic heterocycles. The van der Waals surface area contributed by atoms with Crippen molar-refractivity contribution in [3.8, 4) is 0 Å². The first kappa shape index (κ1) is 20.8. The minimum atomic E-state index is -3.47. The Labute approximate surface area is 170 Å². The lowest BCUT2D eigenvalue weighted by molar-refractivity contribution is 0.0979. The van der Waals surface area contributed by atoms with Gasteiger partial charge in [-0.2, -0.15) is 13.1 Å². The molecule has 8 heteroatoms. The van der Waals surface area contributed by atoms with Gasteiger partial charge < -0.3 is 5.32 Å². The minimum Gasteiger partial charge on any atom is -0.316 e. The van der Waals surface area contributed by atoms with Gasteiger partial charge in [0.2, 0.25) is 0 Å². The number of unbranched alkanes of at least 4 members (excludes halogenated alkanes) is 1. The van der Waals surface area contributed by atoms with Crippen molar-refractivity contribution in [3.63, 3.8) is 0 Å². The van der Waals surface area contributed by atoms with E-state index < -0.39 is 10.2 Å². The Kier molecular flexibility index (Phi) is 7.07. The molecule has 0 saturated heterocycles. The van der Waals surface area contributed by atoms with Gasteiger partial charge in [0.15, 0.2) is 5.78 Å². The van der Waals surface area contributed by atoms with Crippen molar-refractivity contribution < 1.29 is 13.2 Å². The first-order chi connectivity index (χ1) is 13.4. The summed E-state index contributed by atoms with van der Waals surface area (Å²) in [7, 11) is -3.47. The Bertz CT molecular complexity index is 947. The number of rotatable bonds is 9. The largest absolute Gasteiger partial charge is 0.316 e. The predicted molar refractivity (Wildman–Crippen MR) is 112 cm³/mol. The van der Waals surface area contributed by atoms with Gasteiger partial charge in [-0.25, -0.2) is 0 Å². The van der Waals surface area contributed by atoms with E-state index in [1.165, 1.54) is 0 Å². The van der Waals surface area contributed by atoms with Crippen LogP contribution in [0.5, 0.6) is 0 Å². The summed E-state index contributed by atoms with van der Waals surface area (Å²) in [5, 5.41) is 4.17. The van der Waals surface area contributed by atoms with Crippen LogP contribution in [0.4, 0.5) is 5.69 Å². The van der Waals surface area contributed by atoms with Crippen molar-refractivity contribution in [1.82, 2.24) is 10.0 Å². The van der Waals surface area contributed by atoms with Gasteiger partial charge in [0.25, 0.3) is 10.2 Å². The van der Waals surface area contributed by atoms with Gasteiger partial charge in [0.1, 0.15) is 0 Å². The number of ketones is 1. The first-order valence-electron chi connectivity index (χ1n) is 9.32. The number of anilines is 1. The average molecular weight is 422 g/mol. The van der Waals surface area contributed by atoms with E-state index in [-0.39, 0.29) is 12.3 Å². The highest BCUT2D eigenvalue weighted by Crippen LogP contribution is 2.23. The van der Waals surface area contributed by atoms with Crippen LogP contribution in [0.25, 0.3) is 0 Å². The van der Waals surface area contributed by atoms with Gasteiger partial charge in [0, 0.05) is 23.6 Å². The van der Waals surface area contributed by atoms with Gasteiger partial charge in [-0.05, 0) is 67.7 Å². The molecule has 2 aromatic carbocycles. The third-order valence-electron chi connectivity index (χ3n) is 4.66. The standard InChI is InChI=1S/C20H24ClN3O3S/c21-18-6-2-1-5-15(18)10-12-22-11-4-3-7-20(25)16-8-9-19-17(13-16)14-23-28(26,27)24-19/h1-2,5-6,8-9,13,22-24H,3-4,7,10-12,14H2. The van der Waals surface area contributed by atoms with E-state index in [4.69, 9.17) is 11.6 Å². The summed E-state index contributed by atoms with van der Waals surface area (Å²) in [6.07, 6.45) is 3.08. The van der Waals surface area contributed by atoms with E-state index in [9.17, 15) is 13.2 Å². The third-order valence-corrected chi connectivity index (χ3v) is 6.04. The normalized spacial score (nSPS) is 14.9. The molecule has 0 radical (unpaired) electrons. The van der Waals surface area contributed by atoms with E-state index in [0.29, 0.717) is 17.7 Å². The topological polar surface area (TPSA) is 87.3 Å². The smallest absolute Gasteiger partial charge is 0.299 e. The lowest BCUT2D eigenvalue weighted by atomic mass is 10.0. The number of Topliss-reactive ketones (excluding diaryl/α,β-unsaturated/α-hetero) is 1. The van der Waals surface area contributed by atoms with Crippen LogP contribution in [0.2, 0.25) is 5.02 Å². The van der Waals surface area contributed by atoms with Crippen LogP contribution in [0.3, 0.4) is 0 Å². The number of fused-ring (bicyclic) bond motifs is 1. The van der Waals surface area contributed by atoms with Gasteiger partial charge in [-0.15, -0.1) is 0 Å². The summed E-state index contributed by atoms with van der Waals surface area (Å²) >= 11 is 6.14. The number of hydrogen-bond donors (Lipinski definition) is 3. The fourth-order valence-electron chi connectivity index (χ4n) is 3.10. The zero-order valence-corrected chi connectivity index (χ0v) is 17.1. The Morgan fingerprint density at radius 1 is 1.11 bits per heavy atom. The zero-order valence-electron chi connectivity index (χ0n) is 15.5. The van der Waals surface area contributed by atoms with E-state index in [1.807, 2.05) is 24.3 Å². The predicted octanol–water partition coefficient (Wildman–Crippen LogP) is 3.29. The highest BCUT2D eigenvalue weighted by atomic mass is 35.5. The summed E-state index contributed by atoms with van der Waals surface area (Å²) in [5.41, 5.74) is 3.06. The van der Waals surface area contributed by atoms with Crippen molar-refractivity contribution in [2.75, 3.05) is 17.8 Å². The highest BCUT2D eigenvalue weighted by Gasteiger charge is 2.20. The van der Waals surface area contributed by atoms with Crippen LogP contribution in [-0.2, 0) is 23.2 Å². The molecule has 1 heterocycles. The molecule has 0 aliphatic carbocycles. The van der Waals surface area contributed by atoms with Crippen molar-refractivity contribution in [2.45, 2.75) is 32.2 Å². The summed E-state index contributed by atoms with van der Waals surface area (Å²) < 4.78 is 27.8. The maximum atomic E-state index is 12.4. The second-order valence-corrected chi connectivity index (χ2v) is 8.68. The molecule has 6 nitrogen and oxygen atoms in total. The van der Waals surface area contributed by atoms with Gasteiger partial charge in [-0.1, -0.05) is 29.8 Å². The number of benzene rings is 2. The Balaban J connectivity index is 1.36. The molecular weight excluding hydrogens is 398 g/mol. The quantitative estimate of drug-likeness (QED) is 0.428. The van der Waals surface area contributed by atoms with Crippen molar-refractivity contribution >= 4 is 33.3 Å². The first-order valence-corrected chi connectivity index (χ1v) is 11.2. The third kappa shape index (κ3) is 5.78. The van der Waals surface area contributed by atoms with Crippen LogP contribution in [0.1, 0.15) is 40.7 Å². The molecule has 28 heavy (non-hydrogen) atoms. The molecule has 0 atom stereocenters. The van der Waals surface area contributed by atoms with E-state index in [0.717, 1.165) is 48.5 Å². The molecular formula is C20H24ClN3O3S. The van der Waals surface area contributed by atoms with Gasteiger partial charge in [0.05, 0.1) is 5.69 Å². The molecule has 3 N–H and O–H groups in total. The van der Waals surface area contributed by atoms with Crippen molar-refractivity contribution in [3.05, 3.63) is 64.2 Å². The van der Waals surface area contributed by atoms with Gasteiger partial charge in [-0.3, -0.25) is 9.52 Å². The molecule has 0 saturated carbocycles. The van der Waals surface area contributed by atoms with E-state index >= 15 is 0 Å². The highest BCUT2D eigenvalue weighted by molar-refractivity contribution is 7.90. The van der Waals surface area contributed by atoms with Crippen molar-refractivity contribution in [2.24, 2.45) is 0 Å². The lowest BCUT2D eigenvalue weighted by Crippen LogP contribution is -2.34. The molecule has 0 fully saturated rings. The number of carbonyl (C=O) groups excluding carboxylic acids is 1. The number of hydrogen-bond acceptors (Lipinski definition) is 4. The number of carbonyl (C=O) groups is 1. The molecule has 0 spiro atoms. The fourth-order valence-corrected chi connectivity index (χ4v) is 4.23. The molecule has 1 aliphatic rings. The van der Waals surface area contributed by atoms with Crippen LogP contribution >= 0.6 is 11.6 Å². The fraction of sp³-hybridized carbons (Fsp3) is 0.350. The summed E-state index contributed by atoms with van der Waals surface area (Å²) in [4.78, 5) is 12.4. The summed E-state index contributed by atoms with van der Waals surface area (Å²) in [5.74, 6) is 0.0762. The zero-order chi connectivity index (χ0) is 20.0. The van der Waals surface area contributed by atoms with Crippen LogP contribution in [0.15, 0.2) is 42.5 Å². The Hall–Kier alpha value is -1.93. The van der Waals surface area contributed by atoms with Crippen LogP contribution < -0.4 is 14.8 Å². The Morgan fingerprint density at radius 3 is 2.75 bits per heavy atom. The molecule has 0 amide bonds. The molecule has 2 aromatic rings. The second kappa shape index (κ2) is 9.52. The maximum Gasteiger partial charge on any atom is 0.299 e. The number of halogens is 1. The SMILES string of the molecule is O=C(CCCCNCCc1ccccc1Cl)c1ccc2c(c1)CNS(=O)(=O)N2. The average Bonchev–Trinajstić information content (AvgIpc) is 2.67. The van der Waals surface area contributed by atoms with Crippen LogP contribution in [0, 0.1) is 0 Å². The Morgan fingerprint density at radius 2 is 1.93 bits per heavy atom. The second-order valence-electron chi connectivity index (χ2n) is 6.77. The minimum absolute atomic E-state index is 0.0762. The summed E-state index contributed by atoms with van der Waals surface area (Å²) in [6, 6.07) is 12.9. The maximum absolute atomic E-state index is 12.4. The molecule has 0 bridgehead atoms. The van der Waals surface area contributed by atoms with Crippen LogP contribution in [-0.4, -0.2) is 27.3 Å². The van der Waals surface area contributed by atoms with Crippen molar-refractivity contribution in [1.29, 1.82) is 0 Å². The van der Waals surface area contributed by atoms with E-state index in [2.05, 4.69) is 14.8 Å². The number of nitrogens with one attached hydrogen (secondary N) is 3. The molecule has 0 aromatic heterocycles. The summed E-state index contributed by atoms with van der Waals surface area (Å²) in [6.45, 7) is 1.90. The molecule has 150 valence electrons. The molecule has 3 rings (SSSR count). The monoisotopic (exact) mass is 421 g/mol. The molecule has 0 unspecified atom stereocenters. The lowest BCUT2D eigenvalue weighted by Gasteiger charge is -2.19. The van der Waals surface area contributed by atoms with E-state index in [1.54, 1.807) is 18.2 Å². The van der Waals surface area contributed by atoms with Gasteiger partial charge >= 0.3 is 0 Å².